The zero-order valence-corrected chi connectivity index (χ0v) is 10.2. The van der Waals surface area contributed by atoms with Crippen LogP contribution in [0.4, 0.5) is 4.39 Å². The number of methoxy groups -OCH3 is 1. The summed E-state index contributed by atoms with van der Waals surface area (Å²) in [6.07, 6.45) is -1.18. The molecule has 1 aromatic rings. The van der Waals surface area contributed by atoms with Crippen LogP contribution in [0.15, 0.2) is 18.2 Å². The highest BCUT2D eigenvalue weighted by Gasteiger charge is 2.19. The van der Waals surface area contributed by atoms with Gasteiger partial charge >= 0.3 is 5.97 Å². The van der Waals surface area contributed by atoms with Crippen LogP contribution in [0.25, 0.3) is 0 Å². The highest BCUT2D eigenvalue weighted by atomic mass is 35.5. The normalized spacial score (nSPS) is 11.9. The van der Waals surface area contributed by atoms with Gasteiger partial charge in [-0.15, -0.1) is 0 Å². The van der Waals surface area contributed by atoms with Crippen molar-refractivity contribution in [3.8, 4) is 0 Å². The molecule has 0 aliphatic rings. The Labute approximate surface area is 108 Å². The van der Waals surface area contributed by atoms with Crippen LogP contribution >= 0.6 is 11.6 Å². The smallest absolute Gasteiger partial charge is 0.334 e. The van der Waals surface area contributed by atoms with Gasteiger partial charge in [0.25, 0.3) is 5.91 Å². The van der Waals surface area contributed by atoms with Crippen LogP contribution in [0.1, 0.15) is 10.4 Å². The van der Waals surface area contributed by atoms with Gasteiger partial charge < -0.3 is 15.2 Å². The Morgan fingerprint density at radius 1 is 1.56 bits per heavy atom. The van der Waals surface area contributed by atoms with Crippen LogP contribution in [-0.4, -0.2) is 36.7 Å². The standard InChI is InChI=1S/C11H11ClFNO4/c1-18-9(11(16)17)5-14-10(15)7-4-6(12)2-3-8(7)13/h2-4,9H,5H2,1H3,(H,14,15)(H,16,17). The second-order valence-electron chi connectivity index (χ2n) is 3.40. The molecule has 2 N–H and O–H groups in total. The summed E-state index contributed by atoms with van der Waals surface area (Å²) in [5.74, 6) is -2.70. The lowest BCUT2D eigenvalue weighted by Gasteiger charge is -2.11. The maximum atomic E-state index is 13.3. The fraction of sp³-hybridized carbons (Fsp3) is 0.273. The fourth-order valence-corrected chi connectivity index (χ4v) is 1.40. The van der Waals surface area contributed by atoms with Crippen LogP contribution in [0, 0.1) is 5.82 Å². The van der Waals surface area contributed by atoms with E-state index >= 15 is 0 Å². The third-order valence-electron chi connectivity index (χ3n) is 2.18. The third kappa shape index (κ3) is 3.68. The maximum Gasteiger partial charge on any atom is 0.334 e. The van der Waals surface area contributed by atoms with Gasteiger partial charge in [0.15, 0.2) is 6.10 Å². The molecular weight excluding hydrogens is 265 g/mol. The molecule has 1 aromatic carbocycles. The van der Waals surface area contributed by atoms with Gasteiger partial charge in [0, 0.05) is 12.1 Å². The molecule has 0 saturated carbocycles. The third-order valence-corrected chi connectivity index (χ3v) is 2.42. The summed E-state index contributed by atoms with van der Waals surface area (Å²) in [5.41, 5.74) is -0.247. The first-order valence-corrected chi connectivity index (χ1v) is 5.32. The van der Waals surface area contributed by atoms with E-state index in [-0.39, 0.29) is 17.1 Å². The van der Waals surface area contributed by atoms with E-state index in [1.54, 1.807) is 0 Å². The SMILES string of the molecule is COC(CNC(=O)c1cc(Cl)ccc1F)C(=O)O. The molecule has 1 amide bonds. The minimum atomic E-state index is -1.22. The summed E-state index contributed by atoms with van der Waals surface area (Å²) in [4.78, 5) is 22.2. The quantitative estimate of drug-likeness (QED) is 0.849. The van der Waals surface area contributed by atoms with E-state index in [1.807, 2.05) is 0 Å². The van der Waals surface area contributed by atoms with Gasteiger partial charge in [0.2, 0.25) is 0 Å². The van der Waals surface area contributed by atoms with Gasteiger partial charge in [-0.1, -0.05) is 11.6 Å². The molecule has 7 heteroatoms. The number of benzene rings is 1. The molecule has 1 atom stereocenters. The van der Waals surface area contributed by atoms with Crippen LogP contribution in [0.3, 0.4) is 0 Å². The Hall–Kier alpha value is -1.66. The van der Waals surface area contributed by atoms with E-state index in [1.165, 1.54) is 13.2 Å². The summed E-state index contributed by atoms with van der Waals surface area (Å²) in [6, 6.07) is 3.53. The first-order chi connectivity index (χ1) is 8.45. The van der Waals surface area contributed by atoms with Crippen molar-refractivity contribution in [2.45, 2.75) is 6.10 Å². The number of rotatable bonds is 5. The first kappa shape index (κ1) is 14.4. The van der Waals surface area contributed by atoms with Crippen molar-refractivity contribution in [2.24, 2.45) is 0 Å². The highest BCUT2D eigenvalue weighted by molar-refractivity contribution is 6.31. The van der Waals surface area contributed by atoms with Crippen LogP contribution < -0.4 is 5.32 Å². The van der Waals surface area contributed by atoms with E-state index in [4.69, 9.17) is 16.7 Å². The number of carboxylic acid groups (broad SMARTS) is 1. The zero-order chi connectivity index (χ0) is 13.7. The van der Waals surface area contributed by atoms with E-state index < -0.39 is 23.8 Å². The molecule has 1 rings (SSSR count). The molecule has 0 aliphatic heterocycles. The highest BCUT2D eigenvalue weighted by Crippen LogP contribution is 2.14. The molecule has 18 heavy (non-hydrogen) atoms. The molecule has 0 saturated heterocycles. The largest absolute Gasteiger partial charge is 0.479 e. The summed E-state index contributed by atoms with van der Waals surface area (Å²) >= 11 is 5.64. The van der Waals surface area contributed by atoms with Crippen molar-refractivity contribution in [3.05, 3.63) is 34.6 Å². The van der Waals surface area contributed by atoms with E-state index in [0.29, 0.717) is 0 Å². The Balaban J connectivity index is 2.71. The summed E-state index contributed by atoms with van der Waals surface area (Å²) in [7, 11) is 1.20. The number of carboxylic acids is 1. The van der Waals surface area contributed by atoms with Crippen molar-refractivity contribution in [1.82, 2.24) is 5.32 Å². The van der Waals surface area contributed by atoms with Crippen molar-refractivity contribution < 1.29 is 23.8 Å². The molecule has 98 valence electrons. The van der Waals surface area contributed by atoms with Crippen molar-refractivity contribution in [2.75, 3.05) is 13.7 Å². The number of aliphatic carboxylic acids is 1. The number of amides is 1. The number of hydrogen-bond acceptors (Lipinski definition) is 3. The maximum absolute atomic E-state index is 13.3. The lowest BCUT2D eigenvalue weighted by atomic mass is 10.2. The van der Waals surface area contributed by atoms with Gasteiger partial charge in [0.05, 0.1) is 12.1 Å². The average Bonchev–Trinajstić information content (AvgIpc) is 2.32. The van der Waals surface area contributed by atoms with Crippen molar-refractivity contribution in [1.29, 1.82) is 0 Å². The number of carbonyl (C=O) groups excluding carboxylic acids is 1. The Bertz CT molecular complexity index is 466. The second-order valence-corrected chi connectivity index (χ2v) is 3.83. The van der Waals surface area contributed by atoms with Crippen LogP contribution in [0.2, 0.25) is 5.02 Å². The molecule has 5 nitrogen and oxygen atoms in total. The molecule has 0 radical (unpaired) electrons. The summed E-state index contributed by atoms with van der Waals surface area (Å²) < 4.78 is 17.9. The Morgan fingerprint density at radius 2 is 2.22 bits per heavy atom. The van der Waals surface area contributed by atoms with Crippen molar-refractivity contribution >= 4 is 23.5 Å². The van der Waals surface area contributed by atoms with E-state index in [9.17, 15) is 14.0 Å². The second kappa shape index (κ2) is 6.32. The Morgan fingerprint density at radius 3 is 2.78 bits per heavy atom. The monoisotopic (exact) mass is 275 g/mol. The molecule has 0 aliphatic carbocycles. The van der Waals surface area contributed by atoms with Gasteiger partial charge in [-0.3, -0.25) is 4.79 Å². The molecule has 0 aromatic heterocycles. The fourth-order valence-electron chi connectivity index (χ4n) is 1.22. The zero-order valence-electron chi connectivity index (χ0n) is 9.44. The number of hydrogen-bond donors (Lipinski definition) is 2. The molecular formula is C11H11ClFNO4. The predicted octanol–water partition coefficient (Wildman–Crippen LogP) is 1.31. The Kier molecular flexibility index (Phi) is 5.06. The topological polar surface area (TPSA) is 75.6 Å². The average molecular weight is 276 g/mol. The number of nitrogens with one attached hydrogen (secondary N) is 1. The molecule has 0 fully saturated rings. The summed E-state index contributed by atoms with van der Waals surface area (Å²) in [5, 5.41) is 11.2. The molecule has 1 unspecified atom stereocenters. The minimum Gasteiger partial charge on any atom is -0.479 e. The van der Waals surface area contributed by atoms with Crippen LogP contribution in [-0.2, 0) is 9.53 Å². The van der Waals surface area contributed by atoms with Gasteiger partial charge in [-0.2, -0.15) is 0 Å². The lowest BCUT2D eigenvalue weighted by Crippen LogP contribution is -2.38. The predicted molar refractivity (Wildman–Crippen MR) is 62.2 cm³/mol. The minimum absolute atomic E-state index is 0.211. The molecule has 0 spiro atoms. The van der Waals surface area contributed by atoms with Crippen LogP contribution in [0.5, 0.6) is 0 Å². The van der Waals surface area contributed by atoms with E-state index in [0.717, 1.165) is 12.1 Å². The molecule has 0 heterocycles. The van der Waals surface area contributed by atoms with Gasteiger partial charge in [-0.05, 0) is 18.2 Å². The first-order valence-electron chi connectivity index (χ1n) is 4.94. The van der Waals surface area contributed by atoms with Crippen molar-refractivity contribution in [3.63, 3.8) is 0 Å². The summed E-state index contributed by atoms with van der Waals surface area (Å²) in [6.45, 7) is -0.267. The number of ether oxygens (including phenoxy) is 1. The van der Waals surface area contributed by atoms with Gasteiger partial charge in [0.1, 0.15) is 5.82 Å². The lowest BCUT2D eigenvalue weighted by molar-refractivity contribution is -0.148. The molecule has 0 bridgehead atoms. The van der Waals surface area contributed by atoms with E-state index in [2.05, 4.69) is 10.1 Å². The number of halogens is 2. The number of carbonyl (C=O) groups is 2. The van der Waals surface area contributed by atoms with Gasteiger partial charge in [-0.25, -0.2) is 9.18 Å².